The van der Waals surface area contributed by atoms with Crippen LogP contribution < -0.4 is 4.74 Å². The van der Waals surface area contributed by atoms with E-state index in [0.29, 0.717) is 18.4 Å². The minimum Gasteiger partial charge on any atom is -0.490 e. The highest BCUT2D eigenvalue weighted by Gasteiger charge is 2.39. The van der Waals surface area contributed by atoms with Gasteiger partial charge < -0.3 is 9.47 Å². The number of benzene rings is 1. The first-order valence-electron chi connectivity index (χ1n) is 15.9. The number of rotatable bonds is 6. The van der Waals surface area contributed by atoms with E-state index in [1.54, 1.807) is 0 Å². The zero-order valence-electron chi connectivity index (χ0n) is 23.9. The van der Waals surface area contributed by atoms with Crippen LogP contribution in [0.3, 0.4) is 0 Å². The number of aryl methyl sites for hydroxylation is 1. The zero-order valence-corrected chi connectivity index (χ0v) is 23.9. The van der Waals surface area contributed by atoms with Crippen LogP contribution in [-0.2, 0) is 22.1 Å². The van der Waals surface area contributed by atoms with Crippen LogP contribution in [0.5, 0.6) is 5.75 Å². The molecule has 3 nitrogen and oxygen atoms in total. The fourth-order valence-corrected chi connectivity index (χ4v) is 7.98. The third-order valence-corrected chi connectivity index (χ3v) is 10.6. The van der Waals surface area contributed by atoms with Crippen LogP contribution in [-0.4, -0.2) is 18.2 Å². The lowest BCUT2D eigenvalue weighted by atomic mass is 9.69. The molecule has 0 bridgehead atoms. The number of hydrogen-bond donors (Lipinski definition) is 0. The third-order valence-electron chi connectivity index (χ3n) is 10.6. The zero-order chi connectivity index (χ0) is 27.6. The molecule has 6 heteroatoms. The molecule has 1 aromatic rings. The van der Waals surface area contributed by atoms with Gasteiger partial charge >= 0.3 is 12.1 Å². The van der Waals surface area contributed by atoms with Gasteiger partial charge in [-0.05, 0) is 124 Å². The van der Waals surface area contributed by atoms with E-state index in [1.165, 1.54) is 38.2 Å². The summed E-state index contributed by atoms with van der Waals surface area (Å²) in [5.74, 6) is 2.63. The Balaban J connectivity index is 1.12. The highest BCUT2D eigenvalue weighted by atomic mass is 19.4. The Morgan fingerprint density at radius 1 is 0.846 bits per heavy atom. The first kappa shape index (κ1) is 28.8. The Morgan fingerprint density at radius 2 is 1.49 bits per heavy atom. The minimum absolute atomic E-state index is 0.0212. The molecule has 39 heavy (non-hydrogen) atoms. The summed E-state index contributed by atoms with van der Waals surface area (Å²) >= 11 is 0. The highest BCUT2D eigenvalue weighted by molar-refractivity contribution is 5.72. The summed E-state index contributed by atoms with van der Waals surface area (Å²) in [6, 6.07) is 3.27. The summed E-state index contributed by atoms with van der Waals surface area (Å²) in [5, 5.41) is 0. The Morgan fingerprint density at radius 3 is 2.08 bits per heavy atom. The molecule has 0 saturated heterocycles. The van der Waals surface area contributed by atoms with Crippen LogP contribution in [0.2, 0.25) is 0 Å². The summed E-state index contributed by atoms with van der Waals surface area (Å²) in [7, 11) is 0. The summed E-state index contributed by atoms with van der Waals surface area (Å²) < 4.78 is 53.6. The van der Waals surface area contributed by atoms with E-state index in [4.69, 9.17) is 9.47 Å². The van der Waals surface area contributed by atoms with Gasteiger partial charge in [-0.3, -0.25) is 4.79 Å². The van der Waals surface area contributed by atoms with Gasteiger partial charge in [-0.15, -0.1) is 0 Å². The molecule has 1 aliphatic heterocycles. The first-order chi connectivity index (χ1) is 18.7. The van der Waals surface area contributed by atoms with Crippen molar-refractivity contribution in [3.8, 4) is 5.75 Å². The summed E-state index contributed by atoms with van der Waals surface area (Å²) in [5.41, 5.74) is 0.818. The van der Waals surface area contributed by atoms with Crippen molar-refractivity contribution in [2.75, 3.05) is 0 Å². The second-order valence-electron chi connectivity index (χ2n) is 13.0. The Labute approximate surface area is 232 Å². The number of esters is 1. The summed E-state index contributed by atoms with van der Waals surface area (Å²) in [6.45, 7) is 4.26. The topological polar surface area (TPSA) is 35.5 Å². The first-order valence-corrected chi connectivity index (χ1v) is 15.9. The molecule has 0 radical (unpaired) electrons. The lowest BCUT2D eigenvalue weighted by Crippen LogP contribution is -2.32. The molecule has 5 rings (SSSR count). The molecule has 3 fully saturated rings. The minimum atomic E-state index is -4.43. The molecular formula is C33H47F3O3. The molecule has 3 aliphatic carbocycles. The highest BCUT2D eigenvalue weighted by Crippen LogP contribution is 2.46. The molecule has 0 spiro atoms. The van der Waals surface area contributed by atoms with E-state index < -0.39 is 11.7 Å². The predicted molar refractivity (Wildman–Crippen MR) is 147 cm³/mol. The number of ether oxygens (including phenoxy) is 2. The quantitative estimate of drug-likeness (QED) is 0.332. The van der Waals surface area contributed by atoms with Crippen molar-refractivity contribution in [3.05, 3.63) is 28.8 Å². The maximum Gasteiger partial charge on any atom is 0.419 e. The monoisotopic (exact) mass is 548 g/mol. The van der Waals surface area contributed by atoms with Crippen LogP contribution in [0, 0.1) is 23.7 Å². The molecule has 1 aromatic carbocycles. The van der Waals surface area contributed by atoms with E-state index in [0.717, 1.165) is 81.1 Å². The number of alkyl halides is 3. The van der Waals surface area contributed by atoms with Crippen LogP contribution in [0.15, 0.2) is 12.1 Å². The van der Waals surface area contributed by atoms with Gasteiger partial charge in [-0.2, -0.15) is 13.2 Å². The van der Waals surface area contributed by atoms with E-state index in [9.17, 15) is 18.0 Å². The number of carbonyl (C=O) groups excluding carboxylic acids is 1. The largest absolute Gasteiger partial charge is 0.490 e. The maximum absolute atomic E-state index is 14.0. The lowest BCUT2D eigenvalue weighted by molar-refractivity contribution is -0.157. The Kier molecular flexibility index (Phi) is 9.18. The number of carbonyl (C=O) groups is 1. The van der Waals surface area contributed by atoms with Crippen LogP contribution >= 0.6 is 0 Å². The molecule has 218 valence electrons. The van der Waals surface area contributed by atoms with Crippen molar-refractivity contribution in [1.29, 1.82) is 0 Å². The van der Waals surface area contributed by atoms with E-state index in [-0.39, 0.29) is 35.8 Å². The van der Waals surface area contributed by atoms with Crippen molar-refractivity contribution in [2.24, 2.45) is 23.7 Å². The molecule has 0 aromatic heterocycles. The molecule has 0 amide bonds. The maximum atomic E-state index is 14.0. The molecule has 1 unspecified atom stereocenters. The van der Waals surface area contributed by atoms with Gasteiger partial charge in [0.1, 0.15) is 11.9 Å². The van der Waals surface area contributed by atoms with Gasteiger partial charge in [0.05, 0.1) is 17.6 Å². The smallest absolute Gasteiger partial charge is 0.419 e. The van der Waals surface area contributed by atoms with Crippen molar-refractivity contribution in [2.45, 2.75) is 141 Å². The van der Waals surface area contributed by atoms with Gasteiger partial charge in [0.2, 0.25) is 0 Å². The second-order valence-corrected chi connectivity index (χ2v) is 13.0. The van der Waals surface area contributed by atoms with Crippen molar-refractivity contribution in [3.63, 3.8) is 0 Å². The van der Waals surface area contributed by atoms with E-state index in [2.05, 4.69) is 6.92 Å². The molecular weight excluding hydrogens is 501 g/mol. The van der Waals surface area contributed by atoms with E-state index >= 15 is 0 Å². The van der Waals surface area contributed by atoms with Gasteiger partial charge in [0, 0.05) is 0 Å². The number of hydrogen-bond acceptors (Lipinski definition) is 3. The van der Waals surface area contributed by atoms with Crippen molar-refractivity contribution >= 4 is 5.97 Å². The summed E-state index contributed by atoms with van der Waals surface area (Å²) in [6.07, 6.45) is 11.3. The van der Waals surface area contributed by atoms with Crippen LogP contribution in [0.4, 0.5) is 13.2 Å². The molecule has 1 heterocycles. The van der Waals surface area contributed by atoms with Crippen LogP contribution in [0.1, 0.15) is 133 Å². The Bertz CT molecular complexity index is 965. The fourth-order valence-electron chi connectivity index (χ4n) is 7.98. The van der Waals surface area contributed by atoms with Gasteiger partial charge in [-0.1, -0.05) is 39.2 Å². The second kappa shape index (κ2) is 12.4. The lowest BCUT2D eigenvalue weighted by Gasteiger charge is -2.37. The molecule has 3 saturated carbocycles. The van der Waals surface area contributed by atoms with Gasteiger partial charge in [-0.25, -0.2) is 0 Å². The SMILES string of the molecule is CCC1CCC(C2CCC(C(=O)OC3CCC(c4cc5c(c(C(F)(F)F)c4)OC(CC)CC5)CC3)CC2)CC1. The van der Waals surface area contributed by atoms with Crippen molar-refractivity contribution in [1.82, 2.24) is 0 Å². The van der Waals surface area contributed by atoms with Crippen molar-refractivity contribution < 1.29 is 27.4 Å². The fraction of sp³-hybridized carbons (Fsp3) is 0.788. The number of fused-ring (bicyclic) bond motifs is 1. The molecule has 0 N–H and O–H groups in total. The normalized spacial score (nSPS) is 33.6. The third kappa shape index (κ3) is 6.78. The molecule has 4 aliphatic rings. The summed E-state index contributed by atoms with van der Waals surface area (Å²) in [4.78, 5) is 13.0. The van der Waals surface area contributed by atoms with Crippen LogP contribution in [0.25, 0.3) is 0 Å². The van der Waals surface area contributed by atoms with Gasteiger partial charge in [0.25, 0.3) is 0 Å². The molecule has 1 atom stereocenters. The standard InChI is InChI=1S/C33H47F3O3/c1-3-21-5-7-22(8-6-21)23-9-11-25(12-10-23)32(37)39-29-17-13-24(14-18-29)27-19-26-15-16-28(4-2)38-31(26)30(20-27)33(34,35)36/h19-25,28-29H,3-18H2,1-2H3. The predicted octanol–water partition coefficient (Wildman–Crippen LogP) is 9.40. The van der Waals surface area contributed by atoms with Gasteiger partial charge in [0.15, 0.2) is 0 Å². The average molecular weight is 549 g/mol. The Hall–Kier alpha value is -1.72. The number of halogens is 3. The average Bonchev–Trinajstić information content (AvgIpc) is 2.96. The van der Waals surface area contributed by atoms with E-state index in [1.807, 2.05) is 13.0 Å².